The average Bonchev–Trinajstić information content (AvgIpc) is 3.41. The number of anilines is 3. The molecule has 1 fully saturated rings. The third-order valence-electron chi connectivity index (χ3n) is 5.35. The van der Waals surface area contributed by atoms with Crippen molar-refractivity contribution in [2.24, 2.45) is 0 Å². The van der Waals surface area contributed by atoms with Gasteiger partial charge in [-0.2, -0.15) is 4.98 Å². The number of hydrogen-bond donors (Lipinski definition) is 1. The van der Waals surface area contributed by atoms with Gasteiger partial charge < -0.3 is 15.0 Å². The molecular formula is C22H27N5OS. The van der Waals surface area contributed by atoms with Gasteiger partial charge in [-0.25, -0.2) is 9.97 Å². The molecular weight excluding hydrogens is 382 g/mol. The van der Waals surface area contributed by atoms with Gasteiger partial charge in [0, 0.05) is 30.8 Å². The van der Waals surface area contributed by atoms with Crippen LogP contribution in [-0.4, -0.2) is 28.6 Å². The molecule has 1 saturated heterocycles. The number of hydrogen-bond acceptors (Lipinski definition) is 7. The third-order valence-corrected chi connectivity index (χ3v) is 6.03. The predicted octanol–water partition coefficient (Wildman–Crippen LogP) is 5.04. The highest BCUT2D eigenvalue weighted by Gasteiger charge is 2.29. The van der Waals surface area contributed by atoms with E-state index in [-0.39, 0.29) is 0 Å². The standard InChI is InChI=1S/C22H27N5OS/c1-4-17-18(14-28-3)24-21(25-20(17)26-22-23-11-13-29-22)27-12-5-6-19(27)16-9-7-15(2)8-10-16/h7-11,13,19H,4-6,12,14H2,1-3H3,(H,23,24,25,26). The van der Waals surface area contributed by atoms with Gasteiger partial charge in [-0.1, -0.05) is 36.8 Å². The van der Waals surface area contributed by atoms with E-state index in [4.69, 9.17) is 14.7 Å². The fourth-order valence-corrected chi connectivity index (χ4v) is 4.43. The maximum atomic E-state index is 5.45. The quantitative estimate of drug-likeness (QED) is 0.590. The third kappa shape index (κ3) is 4.26. The zero-order valence-corrected chi connectivity index (χ0v) is 18.0. The van der Waals surface area contributed by atoms with Crippen molar-refractivity contribution in [2.75, 3.05) is 23.9 Å². The highest BCUT2D eigenvalue weighted by Crippen LogP contribution is 2.36. The summed E-state index contributed by atoms with van der Waals surface area (Å²) in [7, 11) is 1.71. The van der Waals surface area contributed by atoms with Crippen molar-refractivity contribution in [1.82, 2.24) is 15.0 Å². The molecule has 1 aliphatic rings. The fourth-order valence-electron chi connectivity index (χ4n) is 3.90. The summed E-state index contributed by atoms with van der Waals surface area (Å²) in [6, 6.07) is 9.11. The lowest BCUT2D eigenvalue weighted by molar-refractivity contribution is 0.180. The van der Waals surface area contributed by atoms with E-state index in [1.165, 1.54) is 11.1 Å². The fraction of sp³-hybridized carbons (Fsp3) is 0.409. The van der Waals surface area contributed by atoms with Gasteiger partial charge in [-0.3, -0.25) is 0 Å². The number of nitrogens with one attached hydrogen (secondary N) is 1. The number of aromatic nitrogens is 3. The van der Waals surface area contributed by atoms with Crippen molar-refractivity contribution < 1.29 is 4.74 Å². The minimum absolute atomic E-state index is 0.297. The first-order chi connectivity index (χ1) is 14.2. The van der Waals surface area contributed by atoms with Gasteiger partial charge in [0.15, 0.2) is 5.13 Å². The van der Waals surface area contributed by atoms with E-state index in [9.17, 15) is 0 Å². The second-order valence-electron chi connectivity index (χ2n) is 7.31. The van der Waals surface area contributed by atoms with Crippen LogP contribution in [0.5, 0.6) is 0 Å². The van der Waals surface area contributed by atoms with E-state index in [0.29, 0.717) is 12.6 Å². The molecule has 7 heteroatoms. The SMILES string of the molecule is CCc1c(COC)nc(N2CCCC2c2ccc(C)cc2)nc1Nc1nccs1. The van der Waals surface area contributed by atoms with Crippen molar-refractivity contribution in [1.29, 1.82) is 0 Å². The number of thiazole rings is 1. The summed E-state index contributed by atoms with van der Waals surface area (Å²) in [5.74, 6) is 1.59. The Bertz CT molecular complexity index is 943. The molecule has 0 saturated carbocycles. The van der Waals surface area contributed by atoms with Crippen molar-refractivity contribution in [3.05, 3.63) is 58.2 Å². The zero-order valence-electron chi connectivity index (χ0n) is 17.2. The summed E-state index contributed by atoms with van der Waals surface area (Å²) in [6.07, 6.45) is 4.86. The minimum Gasteiger partial charge on any atom is -0.378 e. The van der Waals surface area contributed by atoms with Crippen molar-refractivity contribution >= 4 is 28.2 Å². The number of methoxy groups -OCH3 is 1. The second kappa shape index (κ2) is 8.88. The van der Waals surface area contributed by atoms with E-state index in [1.54, 1.807) is 24.6 Å². The summed E-state index contributed by atoms with van der Waals surface area (Å²) >= 11 is 1.57. The molecule has 1 unspecified atom stereocenters. The molecule has 0 radical (unpaired) electrons. The monoisotopic (exact) mass is 409 g/mol. The first-order valence-electron chi connectivity index (χ1n) is 10.1. The maximum Gasteiger partial charge on any atom is 0.228 e. The van der Waals surface area contributed by atoms with Crippen LogP contribution in [-0.2, 0) is 17.8 Å². The number of nitrogens with zero attached hydrogens (tertiary/aromatic N) is 4. The van der Waals surface area contributed by atoms with E-state index < -0.39 is 0 Å². The molecule has 0 bridgehead atoms. The molecule has 3 aromatic rings. The Hall–Kier alpha value is -2.51. The lowest BCUT2D eigenvalue weighted by Crippen LogP contribution is -2.26. The van der Waals surface area contributed by atoms with Crippen LogP contribution in [0.1, 0.15) is 48.2 Å². The van der Waals surface area contributed by atoms with E-state index in [0.717, 1.165) is 54.0 Å². The highest BCUT2D eigenvalue weighted by molar-refractivity contribution is 7.13. The molecule has 6 nitrogen and oxygen atoms in total. The molecule has 29 heavy (non-hydrogen) atoms. The van der Waals surface area contributed by atoms with Crippen molar-refractivity contribution in [2.45, 2.75) is 45.8 Å². The van der Waals surface area contributed by atoms with Gasteiger partial charge >= 0.3 is 0 Å². The summed E-state index contributed by atoms with van der Waals surface area (Å²) in [4.78, 5) is 16.6. The lowest BCUT2D eigenvalue weighted by Gasteiger charge is -2.27. The van der Waals surface area contributed by atoms with E-state index >= 15 is 0 Å². The van der Waals surface area contributed by atoms with Crippen LogP contribution in [0.15, 0.2) is 35.8 Å². The summed E-state index contributed by atoms with van der Waals surface area (Å²) < 4.78 is 5.45. The maximum absolute atomic E-state index is 5.45. The van der Waals surface area contributed by atoms with Crippen molar-refractivity contribution in [3.63, 3.8) is 0 Å². The Labute approximate surface area is 176 Å². The van der Waals surface area contributed by atoms with Gasteiger partial charge in [0.25, 0.3) is 0 Å². The lowest BCUT2D eigenvalue weighted by atomic mass is 10.0. The summed E-state index contributed by atoms with van der Waals surface area (Å²) in [6.45, 7) is 5.66. The average molecular weight is 410 g/mol. The van der Waals surface area contributed by atoms with Crippen LogP contribution < -0.4 is 10.2 Å². The molecule has 3 heterocycles. The number of ether oxygens (including phenoxy) is 1. The van der Waals surface area contributed by atoms with Crippen LogP contribution >= 0.6 is 11.3 Å². The Kier molecular flexibility index (Phi) is 6.06. The molecule has 4 rings (SSSR count). The van der Waals surface area contributed by atoms with Crippen LogP contribution in [0.25, 0.3) is 0 Å². The predicted molar refractivity (Wildman–Crippen MR) is 118 cm³/mol. The molecule has 0 aliphatic carbocycles. The molecule has 1 aromatic carbocycles. The van der Waals surface area contributed by atoms with Crippen molar-refractivity contribution in [3.8, 4) is 0 Å². The molecule has 1 N–H and O–H groups in total. The van der Waals surface area contributed by atoms with Gasteiger partial charge in [-0.05, 0) is 31.7 Å². The van der Waals surface area contributed by atoms with Gasteiger partial charge in [0.2, 0.25) is 5.95 Å². The Morgan fingerprint density at radius 3 is 2.76 bits per heavy atom. The normalized spacial score (nSPS) is 16.4. The van der Waals surface area contributed by atoms with Gasteiger partial charge in [0.05, 0.1) is 18.3 Å². The molecule has 1 atom stereocenters. The summed E-state index contributed by atoms with van der Waals surface area (Å²) in [5, 5.41) is 6.20. The second-order valence-corrected chi connectivity index (χ2v) is 8.20. The Morgan fingerprint density at radius 1 is 1.24 bits per heavy atom. The largest absolute Gasteiger partial charge is 0.378 e. The Morgan fingerprint density at radius 2 is 2.07 bits per heavy atom. The van der Waals surface area contributed by atoms with Crippen LogP contribution in [0.2, 0.25) is 0 Å². The number of benzene rings is 1. The first-order valence-corrected chi connectivity index (χ1v) is 11.0. The highest BCUT2D eigenvalue weighted by atomic mass is 32.1. The van der Waals surface area contributed by atoms with E-state index in [1.807, 2.05) is 5.38 Å². The van der Waals surface area contributed by atoms with Crippen LogP contribution in [0.4, 0.5) is 16.9 Å². The number of rotatable bonds is 7. The van der Waals surface area contributed by atoms with E-state index in [2.05, 4.69) is 53.3 Å². The first kappa shape index (κ1) is 19.8. The molecule has 2 aromatic heterocycles. The minimum atomic E-state index is 0.297. The molecule has 1 aliphatic heterocycles. The molecule has 0 spiro atoms. The smallest absolute Gasteiger partial charge is 0.228 e. The summed E-state index contributed by atoms with van der Waals surface area (Å²) in [5.41, 5.74) is 4.61. The number of aryl methyl sites for hydroxylation is 1. The molecule has 152 valence electrons. The topological polar surface area (TPSA) is 63.2 Å². The van der Waals surface area contributed by atoms with Crippen LogP contribution in [0, 0.1) is 6.92 Å². The van der Waals surface area contributed by atoms with Crippen LogP contribution in [0.3, 0.4) is 0 Å². The molecule has 0 amide bonds. The Balaban J connectivity index is 1.73. The van der Waals surface area contributed by atoms with Gasteiger partial charge in [-0.15, -0.1) is 11.3 Å². The van der Waals surface area contributed by atoms with Gasteiger partial charge in [0.1, 0.15) is 5.82 Å². The zero-order chi connectivity index (χ0) is 20.2.